The lowest BCUT2D eigenvalue weighted by Crippen LogP contribution is -2.28. The maximum Gasteiger partial charge on any atom is 0.268 e. The fourth-order valence-electron chi connectivity index (χ4n) is 7.57. The molecular formula is C52H46N4O. The molecule has 3 heterocycles. The summed E-state index contributed by atoms with van der Waals surface area (Å²) in [7, 11) is 0. The Balaban J connectivity index is 1.11. The SMILES string of the molecule is CC(C)(C)c1cc(Oc2ccc3c4ccccc4n(-c4cc(C(C)(C)C)ccn4)c3c2)cc(-n2[c-][n+](-c3cc(-c4ccccc4)cc(-c4ccccc4)c3)cc2)c1. The van der Waals surface area contributed by atoms with Crippen LogP contribution in [0.4, 0.5) is 0 Å². The Morgan fingerprint density at radius 3 is 1.88 bits per heavy atom. The Bertz CT molecular complexity index is 2830. The van der Waals surface area contributed by atoms with Gasteiger partial charge in [0.1, 0.15) is 17.3 Å². The third-order valence-electron chi connectivity index (χ3n) is 10.7. The van der Waals surface area contributed by atoms with E-state index in [0.717, 1.165) is 56.2 Å². The minimum absolute atomic E-state index is 0.00573. The first-order valence-electron chi connectivity index (χ1n) is 19.6. The van der Waals surface area contributed by atoms with Crippen LogP contribution in [0.1, 0.15) is 52.7 Å². The molecule has 0 aliphatic rings. The van der Waals surface area contributed by atoms with Gasteiger partial charge in [-0.3, -0.25) is 13.7 Å². The zero-order valence-electron chi connectivity index (χ0n) is 33.4. The molecule has 0 saturated carbocycles. The van der Waals surface area contributed by atoms with E-state index in [9.17, 15) is 0 Å². The van der Waals surface area contributed by atoms with Gasteiger partial charge in [-0.05, 0) is 111 Å². The lowest BCUT2D eigenvalue weighted by atomic mass is 9.86. The van der Waals surface area contributed by atoms with Crippen molar-refractivity contribution in [1.82, 2.24) is 14.1 Å². The molecule has 0 aliphatic heterocycles. The molecule has 57 heavy (non-hydrogen) atoms. The van der Waals surface area contributed by atoms with Gasteiger partial charge in [-0.25, -0.2) is 4.98 Å². The summed E-state index contributed by atoms with van der Waals surface area (Å²) in [5.41, 5.74) is 11.1. The third-order valence-corrected chi connectivity index (χ3v) is 10.7. The maximum absolute atomic E-state index is 6.80. The number of rotatable bonds is 7. The monoisotopic (exact) mass is 742 g/mol. The Morgan fingerprint density at radius 2 is 1.19 bits per heavy atom. The molecule has 6 aromatic carbocycles. The van der Waals surface area contributed by atoms with E-state index in [1.165, 1.54) is 27.6 Å². The number of hydrogen-bond acceptors (Lipinski definition) is 2. The van der Waals surface area contributed by atoms with Crippen molar-refractivity contribution in [1.29, 1.82) is 0 Å². The molecule has 0 N–H and O–H groups in total. The fraction of sp³-hybridized carbons (Fsp3) is 0.154. The number of benzene rings is 6. The third kappa shape index (κ3) is 7.13. The van der Waals surface area contributed by atoms with Gasteiger partial charge in [0, 0.05) is 35.4 Å². The highest BCUT2D eigenvalue weighted by atomic mass is 16.5. The number of nitrogens with zero attached hydrogens (tertiary/aromatic N) is 4. The van der Waals surface area contributed by atoms with Crippen LogP contribution in [0, 0.1) is 6.33 Å². The molecule has 0 radical (unpaired) electrons. The van der Waals surface area contributed by atoms with Crippen molar-refractivity contribution >= 4 is 21.8 Å². The molecule has 9 rings (SSSR count). The van der Waals surface area contributed by atoms with E-state index in [0.29, 0.717) is 0 Å². The van der Waals surface area contributed by atoms with Gasteiger partial charge in [-0.1, -0.05) is 120 Å². The van der Waals surface area contributed by atoms with Crippen molar-refractivity contribution in [3.05, 3.63) is 188 Å². The largest absolute Gasteiger partial charge is 0.458 e. The lowest BCUT2D eigenvalue weighted by Gasteiger charge is -2.22. The van der Waals surface area contributed by atoms with E-state index >= 15 is 0 Å². The summed E-state index contributed by atoms with van der Waals surface area (Å²) in [6.07, 6.45) is 9.67. The second-order valence-electron chi connectivity index (χ2n) is 16.9. The van der Waals surface area contributed by atoms with Crippen molar-refractivity contribution in [2.75, 3.05) is 0 Å². The first-order chi connectivity index (χ1) is 27.5. The summed E-state index contributed by atoms with van der Waals surface area (Å²) >= 11 is 0. The number of fused-ring (bicyclic) bond motifs is 3. The van der Waals surface area contributed by atoms with Crippen LogP contribution in [0.2, 0.25) is 0 Å². The number of aromatic nitrogens is 4. The number of pyridine rings is 1. The second kappa shape index (κ2) is 14.1. The van der Waals surface area contributed by atoms with Crippen LogP contribution in [0.25, 0.3) is 61.3 Å². The highest BCUT2D eigenvalue weighted by molar-refractivity contribution is 6.09. The number of ether oxygens (including phenoxy) is 1. The Morgan fingerprint density at radius 1 is 0.544 bits per heavy atom. The van der Waals surface area contributed by atoms with Gasteiger partial charge in [0.05, 0.1) is 22.4 Å². The summed E-state index contributed by atoms with van der Waals surface area (Å²) in [6.45, 7) is 13.4. The Kier molecular flexibility index (Phi) is 8.89. The predicted octanol–water partition coefficient (Wildman–Crippen LogP) is 12.8. The van der Waals surface area contributed by atoms with Crippen molar-refractivity contribution in [3.8, 4) is 50.9 Å². The van der Waals surface area contributed by atoms with Gasteiger partial charge in [0.25, 0.3) is 6.33 Å². The number of hydrogen-bond donors (Lipinski definition) is 0. The highest BCUT2D eigenvalue weighted by Gasteiger charge is 2.20. The van der Waals surface area contributed by atoms with E-state index in [-0.39, 0.29) is 10.8 Å². The van der Waals surface area contributed by atoms with Crippen LogP contribution in [0.3, 0.4) is 0 Å². The molecule has 280 valence electrons. The van der Waals surface area contributed by atoms with Crippen molar-refractivity contribution in [2.24, 2.45) is 0 Å². The van der Waals surface area contributed by atoms with Crippen molar-refractivity contribution in [3.63, 3.8) is 0 Å². The fourth-order valence-corrected chi connectivity index (χ4v) is 7.57. The average Bonchev–Trinajstić information content (AvgIpc) is 3.84. The van der Waals surface area contributed by atoms with E-state index in [1.807, 2.05) is 6.20 Å². The first kappa shape index (κ1) is 35.9. The van der Waals surface area contributed by atoms with E-state index in [2.05, 4.69) is 226 Å². The second-order valence-corrected chi connectivity index (χ2v) is 16.9. The normalized spacial score (nSPS) is 12.0. The van der Waals surface area contributed by atoms with E-state index in [4.69, 9.17) is 9.72 Å². The summed E-state index contributed by atoms with van der Waals surface area (Å²) < 4.78 is 13.2. The van der Waals surface area contributed by atoms with Crippen LogP contribution in [0.5, 0.6) is 11.5 Å². The van der Waals surface area contributed by atoms with Gasteiger partial charge < -0.3 is 4.74 Å². The van der Waals surface area contributed by atoms with Crippen LogP contribution < -0.4 is 9.30 Å². The molecule has 5 heteroatoms. The lowest BCUT2D eigenvalue weighted by molar-refractivity contribution is -0.599. The minimum atomic E-state index is -0.119. The van der Waals surface area contributed by atoms with E-state index in [1.54, 1.807) is 0 Å². The molecule has 0 saturated heterocycles. The van der Waals surface area contributed by atoms with Crippen molar-refractivity contribution in [2.45, 2.75) is 52.4 Å². The first-order valence-corrected chi connectivity index (χ1v) is 19.6. The van der Waals surface area contributed by atoms with Crippen LogP contribution in [-0.4, -0.2) is 14.1 Å². The Labute approximate surface area is 335 Å². The molecule has 0 bridgehead atoms. The van der Waals surface area contributed by atoms with Gasteiger partial charge in [0.15, 0.2) is 0 Å². The van der Waals surface area contributed by atoms with Crippen LogP contribution >= 0.6 is 0 Å². The predicted molar refractivity (Wildman–Crippen MR) is 233 cm³/mol. The summed E-state index contributed by atoms with van der Waals surface area (Å²) in [6, 6.07) is 53.5. The summed E-state index contributed by atoms with van der Waals surface area (Å²) in [5, 5.41) is 2.34. The van der Waals surface area contributed by atoms with Crippen LogP contribution in [0.15, 0.2) is 170 Å². The molecule has 0 aliphatic carbocycles. The van der Waals surface area contributed by atoms with Gasteiger partial charge in [-0.15, -0.1) is 0 Å². The molecule has 3 aromatic heterocycles. The maximum atomic E-state index is 6.80. The summed E-state index contributed by atoms with van der Waals surface area (Å²) in [4.78, 5) is 4.87. The van der Waals surface area contributed by atoms with Gasteiger partial charge >= 0.3 is 0 Å². The molecule has 0 unspecified atom stereocenters. The molecule has 0 amide bonds. The summed E-state index contributed by atoms with van der Waals surface area (Å²) in [5.74, 6) is 2.41. The molecule has 9 aromatic rings. The average molecular weight is 743 g/mol. The zero-order valence-corrected chi connectivity index (χ0v) is 33.4. The quantitative estimate of drug-likeness (QED) is 0.120. The zero-order chi connectivity index (χ0) is 39.3. The molecular weight excluding hydrogens is 697 g/mol. The van der Waals surface area contributed by atoms with Gasteiger partial charge in [-0.2, -0.15) is 0 Å². The number of para-hydroxylation sites is 1. The van der Waals surface area contributed by atoms with E-state index < -0.39 is 0 Å². The molecule has 0 atom stereocenters. The molecule has 0 spiro atoms. The topological polar surface area (TPSA) is 35.9 Å². The Hall–Kier alpha value is -6.72. The highest BCUT2D eigenvalue weighted by Crippen LogP contribution is 2.37. The van der Waals surface area contributed by atoms with Gasteiger partial charge in [0.2, 0.25) is 0 Å². The minimum Gasteiger partial charge on any atom is -0.458 e. The standard InChI is InChI=1S/C52H46N4O/c1-51(2,3)40-23-24-53-50(32-40)56-48-20-14-13-19-46(48)47-22-21-44(34-49(47)56)57-45-31-41(52(4,5)6)30-43(33-45)55-26-25-54(35-55)42-28-38(36-15-9-7-10-16-36)27-39(29-42)37-17-11-8-12-18-37/h7-34H,1-6H3. The van der Waals surface area contributed by atoms with Crippen LogP contribution in [-0.2, 0) is 10.8 Å². The smallest absolute Gasteiger partial charge is 0.268 e. The number of imidazole rings is 1. The molecule has 0 fully saturated rings. The van der Waals surface area contributed by atoms with Crippen molar-refractivity contribution < 1.29 is 9.30 Å². The molecule has 5 nitrogen and oxygen atoms in total.